The number of alkyl carbamates (subject to hydrolysis) is 1. The molecule has 0 saturated carbocycles. The van der Waals surface area contributed by atoms with E-state index in [0.717, 1.165) is 3.57 Å². The number of carbonyl (C=O) groups is 1. The molecule has 0 aromatic carbocycles. The second kappa shape index (κ2) is 8.64. The van der Waals surface area contributed by atoms with Gasteiger partial charge in [0.05, 0.1) is 8.04 Å². The van der Waals surface area contributed by atoms with Gasteiger partial charge in [-0.25, -0.2) is 9.78 Å². The van der Waals surface area contributed by atoms with Crippen molar-refractivity contribution in [2.24, 2.45) is 5.11 Å². The molecular formula is C15H16BrClIN5O3. The number of amides is 1. The Balaban J connectivity index is 2.26. The van der Waals surface area contributed by atoms with Crippen LogP contribution in [0, 0.1) is 3.57 Å². The average molecular weight is 557 g/mol. The molecule has 0 bridgehead atoms. The van der Waals surface area contributed by atoms with Gasteiger partial charge in [-0.2, -0.15) is 0 Å². The quantitative estimate of drug-likeness (QED) is 0.170. The number of pyridine rings is 1. The highest BCUT2D eigenvalue weighted by Crippen LogP contribution is 2.34. The molecule has 0 aliphatic heterocycles. The monoisotopic (exact) mass is 555 g/mol. The van der Waals surface area contributed by atoms with Crippen molar-refractivity contribution in [1.29, 1.82) is 0 Å². The summed E-state index contributed by atoms with van der Waals surface area (Å²) in [5, 5.41) is 6.60. The van der Waals surface area contributed by atoms with Crippen LogP contribution in [0.25, 0.3) is 21.5 Å². The smallest absolute Gasteiger partial charge is 0.407 e. The number of carbonyl (C=O) groups excluding carboxylic acids is 1. The summed E-state index contributed by atoms with van der Waals surface area (Å²) in [5.41, 5.74) is 9.15. The number of rotatable bonds is 5. The van der Waals surface area contributed by atoms with E-state index in [1.165, 1.54) is 0 Å². The van der Waals surface area contributed by atoms with Crippen LogP contribution in [0.15, 0.2) is 20.1 Å². The minimum Gasteiger partial charge on any atom is -0.457 e. The largest absolute Gasteiger partial charge is 0.457 e. The molecule has 0 aliphatic carbocycles. The third-order valence-electron chi connectivity index (χ3n) is 3.09. The van der Waals surface area contributed by atoms with Crippen LogP contribution in [0.5, 0.6) is 0 Å². The first kappa shape index (κ1) is 21.1. The maximum Gasteiger partial charge on any atom is 0.407 e. The Labute approximate surface area is 176 Å². The van der Waals surface area contributed by atoms with Gasteiger partial charge in [-0.05, 0) is 70.9 Å². The van der Waals surface area contributed by atoms with Gasteiger partial charge in [-0.1, -0.05) is 16.7 Å². The fourth-order valence-corrected chi connectivity index (χ4v) is 3.69. The van der Waals surface area contributed by atoms with E-state index < -0.39 is 17.7 Å². The van der Waals surface area contributed by atoms with Crippen molar-refractivity contribution in [1.82, 2.24) is 10.3 Å². The minimum atomic E-state index is -0.635. The van der Waals surface area contributed by atoms with Gasteiger partial charge in [-0.3, -0.25) is 0 Å². The number of nitrogens with zero attached hydrogens (tertiary/aromatic N) is 4. The zero-order chi connectivity index (χ0) is 19.5. The lowest BCUT2D eigenvalue weighted by Crippen LogP contribution is -2.41. The molecular weight excluding hydrogens is 540 g/mol. The predicted molar refractivity (Wildman–Crippen MR) is 110 cm³/mol. The van der Waals surface area contributed by atoms with Crippen LogP contribution < -0.4 is 5.32 Å². The molecule has 1 N–H and O–H groups in total. The maximum absolute atomic E-state index is 12.0. The molecule has 1 atom stereocenters. The lowest BCUT2D eigenvalue weighted by Gasteiger charge is -2.22. The van der Waals surface area contributed by atoms with Crippen molar-refractivity contribution in [2.45, 2.75) is 38.8 Å². The number of halogens is 3. The van der Waals surface area contributed by atoms with Crippen LogP contribution in [-0.4, -0.2) is 29.3 Å². The number of fused-ring (bicyclic) bond motifs is 1. The van der Waals surface area contributed by atoms with Crippen molar-refractivity contribution in [3.05, 3.63) is 35.5 Å². The molecule has 0 fully saturated rings. The van der Waals surface area contributed by atoms with Gasteiger partial charge in [0, 0.05) is 23.9 Å². The van der Waals surface area contributed by atoms with Crippen molar-refractivity contribution in [3.63, 3.8) is 0 Å². The molecule has 0 spiro atoms. The number of ether oxygens (including phenoxy) is 1. The fourth-order valence-electron chi connectivity index (χ4n) is 2.14. The van der Waals surface area contributed by atoms with Gasteiger partial charge in [-0.15, -0.1) is 0 Å². The van der Waals surface area contributed by atoms with Gasteiger partial charge in [0.2, 0.25) is 0 Å². The highest BCUT2D eigenvalue weighted by Gasteiger charge is 2.23. The molecule has 2 rings (SSSR count). The van der Waals surface area contributed by atoms with E-state index in [4.69, 9.17) is 26.3 Å². The second-order valence-corrected chi connectivity index (χ2v) is 8.75. The van der Waals surface area contributed by atoms with Gasteiger partial charge >= 0.3 is 6.09 Å². The van der Waals surface area contributed by atoms with Gasteiger partial charge in [0.1, 0.15) is 22.0 Å². The standard InChI is InChI=1S/C15H16BrClIN5O3/c1-15(2,3)26-14(24)21-7(6-20-23-19)4-9-11(16)12-13(25-9)8(18)5-10(17)22-12/h5,7H,4,6H2,1-3H3,(H,21,24)/t7-/m1/s1. The van der Waals surface area contributed by atoms with Crippen LogP contribution in [-0.2, 0) is 11.2 Å². The molecule has 2 aromatic rings. The molecule has 0 unspecified atom stereocenters. The predicted octanol–water partition coefficient (Wildman–Crippen LogP) is 5.59. The zero-order valence-corrected chi connectivity index (χ0v) is 18.7. The number of furan rings is 1. The Morgan fingerprint density at radius 3 is 2.92 bits per heavy atom. The van der Waals surface area contributed by atoms with Crippen LogP contribution in [0.2, 0.25) is 5.15 Å². The Morgan fingerprint density at radius 2 is 2.31 bits per heavy atom. The number of azide groups is 1. The number of nitrogens with one attached hydrogen (secondary N) is 1. The molecule has 0 radical (unpaired) electrons. The van der Waals surface area contributed by atoms with Crippen LogP contribution in [0.1, 0.15) is 26.5 Å². The van der Waals surface area contributed by atoms with Gasteiger partial charge < -0.3 is 14.5 Å². The summed E-state index contributed by atoms with van der Waals surface area (Å²) in [5.74, 6) is 0.557. The third kappa shape index (κ3) is 5.63. The van der Waals surface area contributed by atoms with E-state index in [-0.39, 0.29) is 13.0 Å². The van der Waals surface area contributed by atoms with Crippen molar-refractivity contribution in [2.75, 3.05) is 6.54 Å². The third-order valence-corrected chi connectivity index (χ3v) is 4.91. The van der Waals surface area contributed by atoms with E-state index in [9.17, 15) is 4.79 Å². The minimum absolute atomic E-state index is 0.0461. The molecule has 0 aliphatic rings. The fraction of sp³-hybridized carbons (Fsp3) is 0.467. The Kier molecular flexibility index (Phi) is 7.00. The lowest BCUT2D eigenvalue weighted by molar-refractivity contribution is 0.0505. The summed E-state index contributed by atoms with van der Waals surface area (Å²) >= 11 is 11.6. The van der Waals surface area contributed by atoms with Gasteiger partial charge in [0.15, 0.2) is 5.58 Å². The summed E-state index contributed by atoms with van der Waals surface area (Å²) in [6, 6.07) is 1.19. The molecule has 2 aromatic heterocycles. The first-order valence-corrected chi connectivity index (χ1v) is 9.79. The highest BCUT2D eigenvalue weighted by atomic mass is 127. The molecule has 1 amide bonds. The normalized spacial score (nSPS) is 12.5. The Hall–Kier alpha value is -1.23. The van der Waals surface area contributed by atoms with E-state index >= 15 is 0 Å². The van der Waals surface area contributed by atoms with E-state index in [1.807, 2.05) is 0 Å². The first-order valence-electron chi connectivity index (χ1n) is 7.54. The van der Waals surface area contributed by atoms with Crippen LogP contribution >= 0.6 is 50.1 Å². The van der Waals surface area contributed by atoms with Crippen molar-refractivity contribution in [3.8, 4) is 0 Å². The summed E-state index contributed by atoms with van der Waals surface area (Å²) in [7, 11) is 0. The highest BCUT2D eigenvalue weighted by molar-refractivity contribution is 14.1. The molecule has 2 heterocycles. The summed E-state index contributed by atoms with van der Waals surface area (Å²) in [4.78, 5) is 19.0. The van der Waals surface area contributed by atoms with E-state index in [2.05, 4.69) is 58.8 Å². The van der Waals surface area contributed by atoms with Gasteiger partial charge in [0.25, 0.3) is 0 Å². The average Bonchev–Trinajstić information content (AvgIpc) is 2.80. The summed E-state index contributed by atoms with van der Waals surface area (Å²) in [6.45, 7) is 5.34. The van der Waals surface area contributed by atoms with E-state index in [1.54, 1.807) is 26.8 Å². The van der Waals surface area contributed by atoms with Crippen LogP contribution in [0.4, 0.5) is 4.79 Å². The SMILES string of the molecule is CC(C)(C)OC(=O)N[C@@H](CN=[N+]=[N-])Cc1oc2c(I)cc(Cl)nc2c1Br. The Morgan fingerprint density at radius 1 is 1.62 bits per heavy atom. The van der Waals surface area contributed by atoms with Crippen LogP contribution in [0.3, 0.4) is 0 Å². The van der Waals surface area contributed by atoms with E-state index in [0.29, 0.717) is 26.5 Å². The Bertz CT molecular complexity index is 876. The molecule has 11 heteroatoms. The molecule has 8 nitrogen and oxygen atoms in total. The second-order valence-electron chi connectivity index (χ2n) is 6.40. The lowest BCUT2D eigenvalue weighted by atomic mass is 10.1. The molecule has 0 saturated heterocycles. The summed E-state index contributed by atoms with van der Waals surface area (Å²) < 4.78 is 12.6. The number of hydrogen-bond acceptors (Lipinski definition) is 5. The number of aromatic nitrogens is 1. The summed E-state index contributed by atoms with van der Waals surface area (Å²) in [6.07, 6.45) is -0.318. The molecule has 140 valence electrons. The maximum atomic E-state index is 12.0. The molecule has 26 heavy (non-hydrogen) atoms. The topological polar surface area (TPSA) is 113 Å². The number of hydrogen-bond donors (Lipinski definition) is 1. The first-order chi connectivity index (χ1) is 12.1. The van der Waals surface area contributed by atoms with Crippen molar-refractivity contribution >= 4 is 67.3 Å². The zero-order valence-electron chi connectivity index (χ0n) is 14.2. The van der Waals surface area contributed by atoms with Crippen molar-refractivity contribution < 1.29 is 13.9 Å².